The molecule has 12 aromatic rings. The van der Waals surface area contributed by atoms with E-state index in [4.69, 9.17) is 9.97 Å². The zero-order valence-electron chi connectivity index (χ0n) is 31.6. The summed E-state index contributed by atoms with van der Waals surface area (Å²) in [5.41, 5.74) is 8.93. The van der Waals surface area contributed by atoms with Crippen LogP contribution in [0.5, 0.6) is 0 Å². The Hall–Kier alpha value is -7.34. The largest absolute Gasteiger partial charge is 0.309 e. The predicted molar refractivity (Wildman–Crippen MR) is 248 cm³/mol. The maximum atomic E-state index is 5.52. The zero-order chi connectivity index (χ0) is 38.5. The van der Waals surface area contributed by atoms with E-state index in [9.17, 15) is 0 Å². The molecule has 0 bridgehead atoms. The van der Waals surface area contributed by atoms with Crippen LogP contribution >= 0.6 is 11.3 Å². The first kappa shape index (κ1) is 32.9. The number of thiophene rings is 1. The van der Waals surface area contributed by atoms with Crippen molar-refractivity contribution in [1.82, 2.24) is 19.1 Å². The van der Waals surface area contributed by atoms with Gasteiger partial charge in [-0.3, -0.25) is 4.57 Å². The number of hydrogen-bond donors (Lipinski definition) is 0. The van der Waals surface area contributed by atoms with Crippen molar-refractivity contribution in [3.8, 4) is 22.9 Å². The van der Waals surface area contributed by atoms with Gasteiger partial charge < -0.3 is 4.57 Å². The van der Waals surface area contributed by atoms with Gasteiger partial charge in [0, 0.05) is 52.8 Å². The molecule has 0 radical (unpaired) electrons. The molecular weight excluding hydrogens is 725 g/mol. The molecule has 4 aromatic heterocycles. The van der Waals surface area contributed by atoms with E-state index in [2.05, 4.69) is 186 Å². The van der Waals surface area contributed by atoms with Gasteiger partial charge in [-0.25, -0.2) is 9.97 Å². The van der Waals surface area contributed by atoms with Crippen LogP contribution in [0.15, 0.2) is 176 Å². The summed E-state index contributed by atoms with van der Waals surface area (Å²) < 4.78 is 6.00. The van der Waals surface area contributed by atoms with Gasteiger partial charge in [0.25, 0.3) is 0 Å². The van der Waals surface area contributed by atoms with Crippen molar-refractivity contribution in [2.24, 2.45) is 0 Å². The van der Waals surface area contributed by atoms with Crippen molar-refractivity contribution in [2.75, 3.05) is 0 Å². The summed E-state index contributed by atoms with van der Waals surface area (Å²) in [6.07, 6.45) is 5.98. The van der Waals surface area contributed by atoms with E-state index in [1.165, 1.54) is 74.6 Å². The maximum Gasteiger partial charge on any atom is 0.163 e. The molecule has 0 aliphatic carbocycles. The third-order valence-electron chi connectivity index (χ3n) is 11.8. The molecular formula is C53H34N4S. The van der Waals surface area contributed by atoms with Crippen molar-refractivity contribution in [3.05, 3.63) is 187 Å². The van der Waals surface area contributed by atoms with Crippen molar-refractivity contribution < 1.29 is 0 Å². The molecule has 0 N–H and O–H groups in total. The molecule has 5 heteroatoms. The van der Waals surface area contributed by atoms with E-state index >= 15 is 0 Å². The Morgan fingerprint density at radius 3 is 1.95 bits per heavy atom. The van der Waals surface area contributed by atoms with Crippen LogP contribution in [0.2, 0.25) is 0 Å². The lowest BCUT2D eigenvalue weighted by molar-refractivity contribution is 1.08. The number of aryl methyl sites for hydroxylation is 1. The van der Waals surface area contributed by atoms with Crippen LogP contribution in [0, 0.1) is 6.92 Å². The lowest BCUT2D eigenvalue weighted by atomic mass is 10.0. The zero-order valence-corrected chi connectivity index (χ0v) is 32.5. The molecule has 4 heterocycles. The Labute approximate surface area is 337 Å². The number of rotatable bonds is 5. The standard InChI is InChI=1S/C53H34N4S/c1-3-4-18-36-32(2)58-51-39(36)22-14-23-41(51)52-54-45-24-10-7-21-40(45)53(55-52)57-47-26-12-9-20-38(47)44-31-42-35(30-50(44)57)17-13-27-48(42)56-46-25-11-8-19-37(46)43-28-33-15-5-6-16-34(33)29-49(43)56/h3-31H,1H2,2H3/b18-4-. The quantitative estimate of drug-likeness (QED) is 0.164. The molecule has 272 valence electrons. The maximum absolute atomic E-state index is 5.52. The summed E-state index contributed by atoms with van der Waals surface area (Å²) in [6, 6.07) is 57.2. The van der Waals surface area contributed by atoms with Gasteiger partial charge in [0.2, 0.25) is 0 Å². The molecule has 0 aliphatic rings. The minimum absolute atomic E-state index is 0.715. The van der Waals surface area contributed by atoms with Gasteiger partial charge in [-0.15, -0.1) is 11.3 Å². The Morgan fingerprint density at radius 2 is 1.14 bits per heavy atom. The first-order valence-electron chi connectivity index (χ1n) is 19.6. The van der Waals surface area contributed by atoms with E-state index in [-0.39, 0.29) is 0 Å². The van der Waals surface area contributed by atoms with Gasteiger partial charge in [0.1, 0.15) is 5.82 Å². The van der Waals surface area contributed by atoms with Crippen molar-refractivity contribution in [2.45, 2.75) is 6.92 Å². The SMILES string of the molecule is C=C/C=C\c1c(C)sc2c(-c3nc(-n4c5ccccc5c5cc6c(-n7c8ccccc8c8cc9ccccc9cc87)cccc6cc54)c4ccccc4n3)cccc12. The lowest BCUT2D eigenvalue weighted by Gasteiger charge is -2.14. The second-order valence-corrected chi connectivity index (χ2v) is 16.3. The second kappa shape index (κ2) is 12.6. The van der Waals surface area contributed by atoms with Crippen LogP contribution in [0.3, 0.4) is 0 Å². The molecule has 0 fully saturated rings. The highest BCUT2D eigenvalue weighted by molar-refractivity contribution is 7.20. The Kier molecular flexibility index (Phi) is 7.13. The van der Waals surface area contributed by atoms with E-state index in [0.717, 1.165) is 39.0 Å². The molecule has 0 amide bonds. The lowest BCUT2D eigenvalue weighted by Crippen LogP contribution is -2.03. The van der Waals surface area contributed by atoms with Crippen LogP contribution in [0.25, 0.3) is 115 Å². The van der Waals surface area contributed by atoms with E-state index in [1.54, 1.807) is 11.3 Å². The summed E-state index contributed by atoms with van der Waals surface area (Å²) in [7, 11) is 0. The average Bonchev–Trinajstić information content (AvgIpc) is 3.89. The molecule has 0 saturated carbocycles. The molecule has 12 rings (SSSR count). The summed E-state index contributed by atoms with van der Waals surface area (Å²) in [5, 5.41) is 11.9. The Bertz CT molecular complexity index is 3730. The molecule has 4 nitrogen and oxygen atoms in total. The first-order valence-corrected chi connectivity index (χ1v) is 20.4. The van der Waals surface area contributed by atoms with E-state index in [0.29, 0.717) is 5.82 Å². The highest BCUT2D eigenvalue weighted by Crippen LogP contribution is 2.42. The average molecular weight is 759 g/mol. The summed E-state index contributed by atoms with van der Waals surface area (Å²) in [5.74, 6) is 1.58. The number of fused-ring (bicyclic) bond motifs is 10. The molecule has 58 heavy (non-hydrogen) atoms. The van der Waals surface area contributed by atoms with E-state index in [1.807, 2.05) is 12.2 Å². The summed E-state index contributed by atoms with van der Waals surface area (Å²) >= 11 is 1.79. The fraction of sp³-hybridized carbons (Fsp3) is 0.0189. The fourth-order valence-electron chi connectivity index (χ4n) is 9.22. The van der Waals surface area contributed by atoms with Crippen molar-refractivity contribution in [3.63, 3.8) is 0 Å². The monoisotopic (exact) mass is 758 g/mol. The minimum Gasteiger partial charge on any atom is -0.309 e. The summed E-state index contributed by atoms with van der Waals surface area (Å²) in [4.78, 5) is 12.0. The van der Waals surface area contributed by atoms with Crippen LogP contribution in [0.1, 0.15) is 10.4 Å². The third-order valence-corrected chi connectivity index (χ3v) is 13.0. The van der Waals surface area contributed by atoms with Gasteiger partial charge in [-0.05, 0) is 89.3 Å². The number of hydrogen-bond acceptors (Lipinski definition) is 3. The Morgan fingerprint density at radius 1 is 0.517 bits per heavy atom. The highest BCUT2D eigenvalue weighted by Gasteiger charge is 2.22. The summed E-state index contributed by atoms with van der Waals surface area (Å²) in [6.45, 7) is 6.08. The van der Waals surface area contributed by atoms with Crippen LogP contribution in [-0.4, -0.2) is 19.1 Å². The van der Waals surface area contributed by atoms with Gasteiger partial charge in [-0.1, -0.05) is 122 Å². The van der Waals surface area contributed by atoms with Crippen LogP contribution in [-0.2, 0) is 0 Å². The number of nitrogens with zero attached hydrogens (tertiary/aromatic N) is 4. The van der Waals surface area contributed by atoms with Crippen LogP contribution < -0.4 is 0 Å². The molecule has 0 aliphatic heterocycles. The van der Waals surface area contributed by atoms with Crippen molar-refractivity contribution in [1.29, 1.82) is 0 Å². The number of para-hydroxylation sites is 3. The molecule has 0 saturated heterocycles. The topological polar surface area (TPSA) is 35.6 Å². The molecule has 0 spiro atoms. The smallest absolute Gasteiger partial charge is 0.163 e. The van der Waals surface area contributed by atoms with Crippen LogP contribution in [0.4, 0.5) is 0 Å². The van der Waals surface area contributed by atoms with Gasteiger partial charge in [-0.2, -0.15) is 0 Å². The molecule has 8 aromatic carbocycles. The number of allylic oxidation sites excluding steroid dienone is 2. The van der Waals surface area contributed by atoms with Gasteiger partial charge >= 0.3 is 0 Å². The Balaban J connectivity index is 1.14. The van der Waals surface area contributed by atoms with E-state index < -0.39 is 0 Å². The number of benzene rings is 8. The third kappa shape index (κ3) is 4.74. The number of aromatic nitrogens is 4. The van der Waals surface area contributed by atoms with Crippen molar-refractivity contribution >= 4 is 104 Å². The normalized spacial score (nSPS) is 12.2. The first-order chi connectivity index (χ1) is 28.6. The van der Waals surface area contributed by atoms with Gasteiger partial charge in [0.15, 0.2) is 5.82 Å². The molecule has 0 unspecified atom stereocenters. The predicted octanol–water partition coefficient (Wildman–Crippen LogP) is 14.5. The highest BCUT2D eigenvalue weighted by atomic mass is 32.1. The molecule has 0 atom stereocenters. The minimum atomic E-state index is 0.715. The fourth-order valence-corrected chi connectivity index (χ4v) is 10.4. The van der Waals surface area contributed by atoms with Gasteiger partial charge in [0.05, 0.1) is 33.3 Å². The second-order valence-electron chi connectivity index (χ2n) is 15.0.